The third kappa shape index (κ3) is 4.23. The molecule has 1 aromatic heterocycles. The molecule has 5 nitrogen and oxygen atoms in total. The van der Waals surface area contributed by atoms with E-state index in [4.69, 9.17) is 5.11 Å². The lowest BCUT2D eigenvalue weighted by Crippen LogP contribution is -2.42. The molecule has 0 saturated heterocycles. The van der Waals surface area contributed by atoms with Crippen LogP contribution in [0.5, 0.6) is 0 Å². The highest BCUT2D eigenvalue weighted by molar-refractivity contribution is 7.08. The Hall–Kier alpha value is -1.56. The number of carboxylic acids is 1. The first-order valence-electron chi connectivity index (χ1n) is 6.89. The van der Waals surface area contributed by atoms with Crippen molar-refractivity contribution in [3.8, 4) is 0 Å². The minimum Gasteiger partial charge on any atom is -0.481 e. The molecule has 0 radical (unpaired) electrons. The number of carbonyl (C=O) groups excluding carboxylic acids is 1. The van der Waals surface area contributed by atoms with Crippen molar-refractivity contribution in [2.24, 2.45) is 5.41 Å². The fraction of sp³-hybridized carbons (Fsp3) is 0.571. The largest absolute Gasteiger partial charge is 0.481 e. The van der Waals surface area contributed by atoms with Crippen molar-refractivity contribution >= 4 is 29.0 Å². The molecule has 1 fully saturated rings. The van der Waals surface area contributed by atoms with Crippen LogP contribution in [-0.4, -0.2) is 23.7 Å². The summed E-state index contributed by atoms with van der Waals surface area (Å²) in [6.07, 6.45) is 5.12. The molecule has 1 aliphatic carbocycles. The quantitative estimate of drug-likeness (QED) is 0.780. The number of amides is 2. The van der Waals surface area contributed by atoms with Crippen molar-refractivity contribution in [3.63, 3.8) is 0 Å². The van der Waals surface area contributed by atoms with Gasteiger partial charge in [0.2, 0.25) is 0 Å². The molecule has 0 bridgehead atoms. The molecular weight excluding hydrogens is 276 g/mol. The Kier molecular flexibility index (Phi) is 5.00. The Labute approximate surface area is 122 Å². The zero-order valence-corrected chi connectivity index (χ0v) is 12.2. The molecular formula is C14H20N2O3S. The van der Waals surface area contributed by atoms with Gasteiger partial charge in [0.15, 0.2) is 0 Å². The average molecular weight is 296 g/mol. The van der Waals surface area contributed by atoms with E-state index in [0.29, 0.717) is 6.54 Å². The molecule has 2 amide bonds. The Balaban J connectivity index is 1.87. The minimum absolute atomic E-state index is 0.131. The second kappa shape index (κ2) is 6.74. The highest BCUT2D eigenvalue weighted by atomic mass is 32.1. The van der Waals surface area contributed by atoms with Crippen LogP contribution in [0.4, 0.5) is 10.5 Å². The van der Waals surface area contributed by atoms with Gasteiger partial charge in [-0.3, -0.25) is 4.79 Å². The van der Waals surface area contributed by atoms with E-state index in [1.54, 1.807) is 0 Å². The van der Waals surface area contributed by atoms with Gasteiger partial charge in [0.1, 0.15) is 0 Å². The van der Waals surface area contributed by atoms with Crippen LogP contribution in [0.25, 0.3) is 0 Å². The lowest BCUT2D eigenvalue weighted by molar-refractivity contribution is -0.140. The van der Waals surface area contributed by atoms with Gasteiger partial charge in [-0.2, -0.15) is 11.3 Å². The van der Waals surface area contributed by atoms with Gasteiger partial charge >= 0.3 is 12.0 Å². The number of urea groups is 1. The topological polar surface area (TPSA) is 78.4 Å². The molecule has 2 rings (SSSR count). The van der Waals surface area contributed by atoms with Gasteiger partial charge in [0, 0.05) is 11.9 Å². The number of aliphatic carboxylic acids is 1. The number of thiophene rings is 1. The van der Waals surface area contributed by atoms with Gasteiger partial charge in [-0.15, -0.1) is 0 Å². The highest BCUT2D eigenvalue weighted by Gasteiger charge is 2.34. The van der Waals surface area contributed by atoms with Crippen molar-refractivity contribution in [2.75, 3.05) is 11.9 Å². The number of rotatable bonds is 5. The Morgan fingerprint density at radius 3 is 2.65 bits per heavy atom. The molecule has 0 unspecified atom stereocenters. The number of hydrogen-bond donors (Lipinski definition) is 3. The molecule has 1 aromatic rings. The third-order valence-electron chi connectivity index (χ3n) is 3.84. The summed E-state index contributed by atoms with van der Waals surface area (Å²) in [5.41, 5.74) is 0.485. The normalized spacial score (nSPS) is 17.4. The maximum Gasteiger partial charge on any atom is 0.319 e. The van der Waals surface area contributed by atoms with Gasteiger partial charge in [-0.05, 0) is 29.7 Å². The van der Waals surface area contributed by atoms with Gasteiger partial charge in [0.25, 0.3) is 0 Å². The average Bonchev–Trinajstić information content (AvgIpc) is 2.90. The Morgan fingerprint density at radius 2 is 2.05 bits per heavy atom. The van der Waals surface area contributed by atoms with E-state index >= 15 is 0 Å². The second-order valence-corrected chi connectivity index (χ2v) is 6.23. The van der Waals surface area contributed by atoms with Crippen LogP contribution >= 0.6 is 11.3 Å². The minimum atomic E-state index is -0.785. The summed E-state index contributed by atoms with van der Waals surface area (Å²) in [5, 5.41) is 18.4. The molecule has 0 aliphatic heterocycles. The first-order valence-corrected chi connectivity index (χ1v) is 7.83. The van der Waals surface area contributed by atoms with Crippen LogP contribution in [0.2, 0.25) is 0 Å². The molecule has 0 atom stereocenters. The number of nitrogens with one attached hydrogen (secondary N) is 2. The van der Waals surface area contributed by atoms with Crippen LogP contribution in [0.15, 0.2) is 16.8 Å². The molecule has 110 valence electrons. The van der Waals surface area contributed by atoms with Gasteiger partial charge in [-0.25, -0.2) is 4.79 Å². The van der Waals surface area contributed by atoms with E-state index in [1.165, 1.54) is 11.3 Å². The molecule has 3 N–H and O–H groups in total. The predicted octanol–water partition coefficient (Wildman–Crippen LogP) is 3.29. The molecule has 6 heteroatoms. The van der Waals surface area contributed by atoms with Gasteiger partial charge in [-0.1, -0.05) is 19.3 Å². The van der Waals surface area contributed by atoms with Crippen molar-refractivity contribution in [3.05, 3.63) is 16.8 Å². The fourth-order valence-corrected chi connectivity index (χ4v) is 3.41. The molecule has 1 saturated carbocycles. The van der Waals surface area contributed by atoms with E-state index < -0.39 is 5.97 Å². The molecule has 0 aromatic carbocycles. The van der Waals surface area contributed by atoms with E-state index in [9.17, 15) is 9.59 Å². The summed E-state index contributed by atoms with van der Waals surface area (Å²) in [6, 6.07) is 1.57. The van der Waals surface area contributed by atoms with E-state index in [1.807, 2.05) is 16.8 Å². The Bertz CT molecular complexity index is 453. The summed E-state index contributed by atoms with van der Waals surface area (Å²) in [4.78, 5) is 22.9. The fourth-order valence-electron chi connectivity index (χ4n) is 2.82. The van der Waals surface area contributed by atoms with E-state index in [-0.39, 0.29) is 17.9 Å². The zero-order chi connectivity index (χ0) is 14.4. The number of anilines is 1. The maximum absolute atomic E-state index is 11.8. The van der Waals surface area contributed by atoms with Crippen LogP contribution in [0, 0.1) is 5.41 Å². The number of carboxylic acid groups (broad SMARTS) is 1. The first kappa shape index (κ1) is 14.8. The van der Waals surface area contributed by atoms with E-state index in [2.05, 4.69) is 10.6 Å². The SMILES string of the molecule is O=C(O)CC1(CNC(=O)Nc2ccsc2)CCCCC1. The summed E-state index contributed by atoms with van der Waals surface area (Å²) in [6.45, 7) is 0.426. The number of carbonyl (C=O) groups is 2. The van der Waals surface area contributed by atoms with Crippen LogP contribution in [-0.2, 0) is 4.79 Å². The summed E-state index contributed by atoms with van der Waals surface area (Å²) in [5.74, 6) is -0.785. The van der Waals surface area contributed by atoms with Crippen LogP contribution < -0.4 is 10.6 Å². The molecule has 0 spiro atoms. The predicted molar refractivity (Wildman–Crippen MR) is 79.1 cm³/mol. The molecule has 1 aliphatic rings. The molecule has 1 heterocycles. The summed E-state index contributed by atoms with van der Waals surface area (Å²) < 4.78 is 0. The third-order valence-corrected chi connectivity index (χ3v) is 4.53. The van der Waals surface area contributed by atoms with Crippen molar-refractivity contribution in [1.82, 2.24) is 5.32 Å². The highest BCUT2D eigenvalue weighted by Crippen LogP contribution is 2.38. The van der Waals surface area contributed by atoms with Crippen LogP contribution in [0.3, 0.4) is 0 Å². The zero-order valence-electron chi connectivity index (χ0n) is 11.4. The Morgan fingerprint density at radius 1 is 1.30 bits per heavy atom. The monoisotopic (exact) mass is 296 g/mol. The lowest BCUT2D eigenvalue weighted by atomic mass is 9.72. The standard InChI is InChI=1S/C14H20N2O3S/c17-12(18)8-14(5-2-1-3-6-14)10-15-13(19)16-11-4-7-20-9-11/h4,7,9H,1-3,5-6,8,10H2,(H,17,18)(H2,15,16,19). The maximum atomic E-state index is 11.8. The first-order chi connectivity index (χ1) is 9.60. The van der Waals surface area contributed by atoms with E-state index in [0.717, 1.165) is 37.8 Å². The van der Waals surface area contributed by atoms with Crippen molar-refractivity contribution < 1.29 is 14.7 Å². The van der Waals surface area contributed by atoms with Gasteiger partial charge < -0.3 is 15.7 Å². The van der Waals surface area contributed by atoms with Crippen molar-refractivity contribution in [2.45, 2.75) is 38.5 Å². The lowest BCUT2D eigenvalue weighted by Gasteiger charge is -2.36. The van der Waals surface area contributed by atoms with Crippen molar-refractivity contribution in [1.29, 1.82) is 0 Å². The van der Waals surface area contributed by atoms with Crippen LogP contribution in [0.1, 0.15) is 38.5 Å². The molecule has 20 heavy (non-hydrogen) atoms. The van der Waals surface area contributed by atoms with Gasteiger partial charge in [0.05, 0.1) is 12.1 Å². The number of hydrogen-bond acceptors (Lipinski definition) is 3. The summed E-state index contributed by atoms with van der Waals surface area (Å²) >= 11 is 1.52. The summed E-state index contributed by atoms with van der Waals surface area (Å²) in [7, 11) is 0. The smallest absolute Gasteiger partial charge is 0.319 e. The second-order valence-electron chi connectivity index (χ2n) is 5.45.